The molecule has 3 aromatic heterocycles. The molecule has 0 unspecified atom stereocenters. The fourth-order valence-corrected chi connectivity index (χ4v) is 3.27. The van der Waals surface area contributed by atoms with Crippen LogP contribution in [-0.4, -0.2) is 9.97 Å². The second-order valence-corrected chi connectivity index (χ2v) is 5.64. The molecule has 3 heterocycles. The Hall–Kier alpha value is -2.00. The SMILES string of the molecule is c1csc(-c2ccc3c(n2)-c2ncccc2CC3)c1. The van der Waals surface area contributed by atoms with Crippen LogP contribution in [0, 0.1) is 0 Å². The lowest BCUT2D eigenvalue weighted by Crippen LogP contribution is -2.07. The lowest BCUT2D eigenvalue weighted by Gasteiger charge is -2.18. The molecule has 0 saturated heterocycles. The van der Waals surface area contributed by atoms with E-state index in [1.54, 1.807) is 11.3 Å². The maximum Gasteiger partial charge on any atom is 0.0928 e. The number of hydrogen-bond acceptors (Lipinski definition) is 3. The molecule has 0 aromatic carbocycles. The summed E-state index contributed by atoms with van der Waals surface area (Å²) in [6.45, 7) is 0. The van der Waals surface area contributed by atoms with Crippen LogP contribution in [-0.2, 0) is 12.8 Å². The van der Waals surface area contributed by atoms with Crippen molar-refractivity contribution in [1.82, 2.24) is 9.97 Å². The van der Waals surface area contributed by atoms with Crippen LogP contribution in [0.2, 0.25) is 0 Å². The molecule has 0 saturated carbocycles. The second-order valence-electron chi connectivity index (χ2n) is 4.69. The molecule has 2 nitrogen and oxygen atoms in total. The van der Waals surface area contributed by atoms with Crippen LogP contribution >= 0.6 is 11.3 Å². The van der Waals surface area contributed by atoms with E-state index in [1.165, 1.54) is 16.0 Å². The summed E-state index contributed by atoms with van der Waals surface area (Å²) >= 11 is 1.73. The second kappa shape index (κ2) is 4.28. The van der Waals surface area contributed by atoms with E-state index >= 15 is 0 Å². The molecular weight excluding hydrogens is 252 g/mol. The Balaban J connectivity index is 1.92. The van der Waals surface area contributed by atoms with Gasteiger partial charge in [-0.25, -0.2) is 4.98 Å². The Morgan fingerprint density at radius 3 is 2.63 bits per heavy atom. The van der Waals surface area contributed by atoms with Crippen molar-refractivity contribution in [3.05, 3.63) is 59.1 Å². The average molecular weight is 264 g/mol. The summed E-state index contributed by atoms with van der Waals surface area (Å²) < 4.78 is 0. The van der Waals surface area contributed by atoms with Crippen molar-refractivity contribution < 1.29 is 0 Å². The smallest absolute Gasteiger partial charge is 0.0928 e. The van der Waals surface area contributed by atoms with Gasteiger partial charge in [0.1, 0.15) is 0 Å². The van der Waals surface area contributed by atoms with Gasteiger partial charge in [0.05, 0.1) is 22.0 Å². The van der Waals surface area contributed by atoms with Gasteiger partial charge in [-0.1, -0.05) is 18.2 Å². The van der Waals surface area contributed by atoms with Crippen molar-refractivity contribution in [2.45, 2.75) is 12.8 Å². The van der Waals surface area contributed by atoms with Gasteiger partial charge in [-0.2, -0.15) is 0 Å². The predicted octanol–water partition coefficient (Wildman–Crippen LogP) is 3.97. The summed E-state index contributed by atoms with van der Waals surface area (Å²) in [5, 5.41) is 2.09. The Labute approximate surface area is 115 Å². The number of nitrogens with zero attached hydrogens (tertiary/aromatic N) is 2. The van der Waals surface area contributed by atoms with E-state index in [4.69, 9.17) is 4.98 Å². The topological polar surface area (TPSA) is 25.8 Å². The first-order valence-electron chi connectivity index (χ1n) is 6.40. The average Bonchev–Trinajstić information content (AvgIpc) is 3.01. The van der Waals surface area contributed by atoms with Crippen LogP contribution in [0.1, 0.15) is 11.1 Å². The highest BCUT2D eigenvalue weighted by Gasteiger charge is 2.18. The van der Waals surface area contributed by atoms with Crippen LogP contribution < -0.4 is 0 Å². The van der Waals surface area contributed by atoms with Crippen molar-refractivity contribution in [3.63, 3.8) is 0 Å². The maximum absolute atomic E-state index is 4.84. The molecule has 19 heavy (non-hydrogen) atoms. The minimum Gasteiger partial charge on any atom is -0.254 e. The van der Waals surface area contributed by atoms with Gasteiger partial charge in [0, 0.05) is 6.20 Å². The highest BCUT2D eigenvalue weighted by atomic mass is 32.1. The van der Waals surface area contributed by atoms with E-state index in [0.717, 1.165) is 29.9 Å². The van der Waals surface area contributed by atoms with E-state index in [0.29, 0.717) is 0 Å². The van der Waals surface area contributed by atoms with E-state index in [9.17, 15) is 0 Å². The molecule has 92 valence electrons. The van der Waals surface area contributed by atoms with E-state index < -0.39 is 0 Å². The first-order valence-corrected chi connectivity index (χ1v) is 7.28. The fourth-order valence-electron chi connectivity index (χ4n) is 2.58. The summed E-state index contributed by atoms with van der Waals surface area (Å²) in [7, 11) is 0. The van der Waals surface area contributed by atoms with Crippen LogP contribution in [0.15, 0.2) is 48.0 Å². The summed E-state index contributed by atoms with van der Waals surface area (Å²) in [4.78, 5) is 10.6. The van der Waals surface area contributed by atoms with Crippen LogP contribution in [0.4, 0.5) is 0 Å². The lowest BCUT2D eigenvalue weighted by atomic mass is 9.92. The normalized spacial score (nSPS) is 12.8. The number of aromatic nitrogens is 2. The van der Waals surface area contributed by atoms with Gasteiger partial charge in [0.25, 0.3) is 0 Å². The monoisotopic (exact) mass is 264 g/mol. The number of thiophene rings is 1. The first kappa shape index (κ1) is 10.9. The Morgan fingerprint density at radius 2 is 1.79 bits per heavy atom. The largest absolute Gasteiger partial charge is 0.254 e. The maximum atomic E-state index is 4.84. The number of aryl methyl sites for hydroxylation is 2. The molecule has 0 amide bonds. The molecule has 1 aliphatic carbocycles. The molecule has 4 rings (SSSR count). The zero-order chi connectivity index (χ0) is 12.7. The molecule has 3 heteroatoms. The summed E-state index contributed by atoms with van der Waals surface area (Å²) in [6, 6.07) is 12.7. The Morgan fingerprint density at radius 1 is 0.895 bits per heavy atom. The van der Waals surface area contributed by atoms with E-state index in [1.807, 2.05) is 12.3 Å². The minimum atomic E-state index is 1.05. The zero-order valence-electron chi connectivity index (χ0n) is 10.3. The van der Waals surface area contributed by atoms with E-state index in [-0.39, 0.29) is 0 Å². The van der Waals surface area contributed by atoms with Crippen LogP contribution in [0.25, 0.3) is 22.0 Å². The molecular formula is C16H12N2S. The molecule has 0 spiro atoms. The number of rotatable bonds is 1. The van der Waals surface area contributed by atoms with Gasteiger partial charge in [-0.15, -0.1) is 11.3 Å². The molecule has 0 N–H and O–H groups in total. The Bertz CT molecular complexity index is 732. The van der Waals surface area contributed by atoms with Crippen molar-refractivity contribution in [2.75, 3.05) is 0 Å². The molecule has 1 aliphatic rings. The highest BCUT2D eigenvalue weighted by molar-refractivity contribution is 7.13. The molecule has 0 aliphatic heterocycles. The molecule has 0 radical (unpaired) electrons. The third kappa shape index (κ3) is 1.78. The van der Waals surface area contributed by atoms with Crippen molar-refractivity contribution >= 4 is 11.3 Å². The predicted molar refractivity (Wildman–Crippen MR) is 78.2 cm³/mol. The number of fused-ring (bicyclic) bond motifs is 3. The van der Waals surface area contributed by atoms with Crippen LogP contribution in [0.3, 0.4) is 0 Å². The quantitative estimate of drug-likeness (QED) is 0.664. The summed E-state index contributed by atoms with van der Waals surface area (Å²) in [5.41, 5.74) is 5.79. The van der Waals surface area contributed by atoms with Gasteiger partial charge in [-0.3, -0.25) is 4.98 Å². The molecule has 0 atom stereocenters. The molecule has 3 aromatic rings. The lowest BCUT2D eigenvalue weighted by molar-refractivity contribution is 0.913. The number of hydrogen-bond donors (Lipinski definition) is 0. The molecule has 0 bridgehead atoms. The van der Waals surface area contributed by atoms with Crippen molar-refractivity contribution in [2.24, 2.45) is 0 Å². The first-order chi connectivity index (χ1) is 9.42. The third-order valence-corrected chi connectivity index (χ3v) is 4.42. The van der Waals surface area contributed by atoms with Gasteiger partial charge >= 0.3 is 0 Å². The van der Waals surface area contributed by atoms with Gasteiger partial charge in [0.15, 0.2) is 0 Å². The minimum absolute atomic E-state index is 1.05. The van der Waals surface area contributed by atoms with Gasteiger partial charge in [-0.05, 0) is 47.5 Å². The summed E-state index contributed by atoms with van der Waals surface area (Å²) in [6.07, 6.45) is 3.98. The fraction of sp³-hybridized carbons (Fsp3) is 0.125. The van der Waals surface area contributed by atoms with Crippen molar-refractivity contribution in [1.29, 1.82) is 0 Å². The Kier molecular flexibility index (Phi) is 2.45. The zero-order valence-corrected chi connectivity index (χ0v) is 11.2. The number of pyridine rings is 2. The molecule has 0 fully saturated rings. The van der Waals surface area contributed by atoms with Crippen LogP contribution in [0.5, 0.6) is 0 Å². The van der Waals surface area contributed by atoms with Gasteiger partial charge < -0.3 is 0 Å². The highest BCUT2D eigenvalue weighted by Crippen LogP contribution is 2.33. The van der Waals surface area contributed by atoms with Crippen molar-refractivity contribution in [3.8, 4) is 22.0 Å². The third-order valence-electron chi connectivity index (χ3n) is 3.53. The standard InChI is InChI=1S/C16H12N2S/c1-3-11-5-6-12-7-8-13(14-4-2-10-19-14)18-16(12)15(11)17-9-1/h1-4,7-10H,5-6H2. The van der Waals surface area contributed by atoms with E-state index in [2.05, 4.69) is 40.7 Å². The summed E-state index contributed by atoms with van der Waals surface area (Å²) in [5.74, 6) is 0. The van der Waals surface area contributed by atoms with Gasteiger partial charge in [0.2, 0.25) is 0 Å².